The maximum Gasteiger partial charge on any atom is 0.340 e. The van der Waals surface area contributed by atoms with E-state index in [2.05, 4.69) is 20.8 Å². The first kappa shape index (κ1) is 22.0. The Morgan fingerprint density at radius 2 is 1.77 bits per heavy atom. The average Bonchev–Trinajstić information content (AvgIpc) is 3.26. The van der Waals surface area contributed by atoms with Crippen LogP contribution in [0.4, 0.5) is 10.1 Å². The Morgan fingerprint density at radius 1 is 1.10 bits per heavy atom. The van der Waals surface area contributed by atoms with Crippen LogP contribution in [-0.2, 0) is 9.53 Å². The molecule has 1 N–H and O–H groups in total. The standard InChI is InChI=1S/C19H18FN5O5S/c1-28-15-8-13(18(27)30-3)14(9-16(15)29-2)21-17(26)10-31-19-22-23-24-25(19)12-6-4-11(20)5-7-12/h4-9H,10H2,1-3H3,(H,21,26). The summed E-state index contributed by atoms with van der Waals surface area (Å²) < 4.78 is 29.7. The highest BCUT2D eigenvalue weighted by Crippen LogP contribution is 2.34. The summed E-state index contributed by atoms with van der Waals surface area (Å²) in [6.07, 6.45) is 0. The summed E-state index contributed by atoms with van der Waals surface area (Å²) in [6, 6.07) is 8.48. The Kier molecular flexibility index (Phi) is 7.03. The van der Waals surface area contributed by atoms with Gasteiger partial charge in [-0.15, -0.1) is 5.10 Å². The number of hydrogen-bond donors (Lipinski definition) is 1. The number of benzene rings is 2. The fraction of sp³-hybridized carbons (Fsp3) is 0.211. The van der Waals surface area contributed by atoms with Crippen LogP contribution >= 0.6 is 11.8 Å². The number of tetrazole rings is 1. The number of carbonyl (C=O) groups is 2. The first-order chi connectivity index (χ1) is 15.0. The molecule has 162 valence electrons. The second-order valence-corrected chi connectivity index (χ2v) is 6.87. The molecule has 1 heterocycles. The van der Waals surface area contributed by atoms with Gasteiger partial charge < -0.3 is 19.5 Å². The summed E-state index contributed by atoms with van der Waals surface area (Å²) in [5.74, 6) is -0.870. The third-order valence-corrected chi connectivity index (χ3v) is 4.97. The molecule has 12 heteroatoms. The molecule has 0 atom stereocenters. The van der Waals surface area contributed by atoms with E-state index in [0.29, 0.717) is 22.3 Å². The van der Waals surface area contributed by atoms with Crippen LogP contribution in [0.25, 0.3) is 5.69 Å². The molecule has 0 aliphatic carbocycles. The number of amides is 1. The molecule has 0 aliphatic rings. The summed E-state index contributed by atoms with van der Waals surface area (Å²) in [5, 5.41) is 14.3. The third-order valence-electron chi connectivity index (χ3n) is 4.05. The molecular formula is C19H18FN5O5S. The van der Waals surface area contributed by atoms with Crippen LogP contribution in [0.2, 0.25) is 0 Å². The van der Waals surface area contributed by atoms with E-state index in [1.165, 1.54) is 62.4 Å². The van der Waals surface area contributed by atoms with Crippen molar-refractivity contribution >= 4 is 29.3 Å². The normalized spacial score (nSPS) is 10.5. The van der Waals surface area contributed by atoms with Crippen LogP contribution in [0.3, 0.4) is 0 Å². The highest BCUT2D eigenvalue weighted by Gasteiger charge is 2.20. The lowest BCUT2D eigenvalue weighted by molar-refractivity contribution is -0.113. The van der Waals surface area contributed by atoms with Crippen molar-refractivity contribution in [2.45, 2.75) is 5.16 Å². The zero-order valence-electron chi connectivity index (χ0n) is 16.8. The molecule has 0 saturated heterocycles. The number of aromatic nitrogens is 4. The zero-order valence-corrected chi connectivity index (χ0v) is 17.6. The molecule has 0 spiro atoms. The molecule has 3 aromatic rings. The van der Waals surface area contributed by atoms with Crippen LogP contribution in [0, 0.1) is 5.82 Å². The van der Waals surface area contributed by atoms with Crippen LogP contribution < -0.4 is 14.8 Å². The van der Waals surface area contributed by atoms with E-state index in [0.717, 1.165) is 11.8 Å². The monoisotopic (exact) mass is 447 g/mol. The van der Waals surface area contributed by atoms with Gasteiger partial charge in [-0.1, -0.05) is 11.8 Å². The zero-order chi connectivity index (χ0) is 22.4. The minimum Gasteiger partial charge on any atom is -0.493 e. The van der Waals surface area contributed by atoms with Crippen molar-refractivity contribution in [3.8, 4) is 17.2 Å². The second kappa shape index (κ2) is 9.89. The Hall–Kier alpha value is -3.67. The number of rotatable bonds is 8. The van der Waals surface area contributed by atoms with Crippen molar-refractivity contribution in [2.75, 3.05) is 32.4 Å². The number of halogens is 1. The number of esters is 1. The van der Waals surface area contributed by atoms with Gasteiger partial charge in [0.05, 0.1) is 44.0 Å². The van der Waals surface area contributed by atoms with E-state index in [9.17, 15) is 14.0 Å². The van der Waals surface area contributed by atoms with Gasteiger partial charge in [-0.25, -0.2) is 9.18 Å². The molecule has 3 rings (SSSR count). The minimum absolute atomic E-state index is 0.0590. The lowest BCUT2D eigenvalue weighted by Gasteiger charge is -2.14. The SMILES string of the molecule is COC(=O)c1cc(OC)c(OC)cc1NC(=O)CSc1nnnn1-c1ccc(F)cc1. The first-order valence-corrected chi connectivity index (χ1v) is 9.76. The molecule has 0 bridgehead atoms. The fourth-order valence-electron chi connectivity index (χ4n) is 2.59. The van der Waals surface area contributed by atoms with Crippen molar-refractivity contribution in [3.63, 3.8) is 0 Å². The Bertz CT molecular complexity index is 1090. The van der Waals surface area contributed by atoms with Crippen LogP contribution in [0.15, 0.2) is 41.6 Å². The summed E-state index contributed by atoms with van der Waals surface area (Å²) in [7, 11) is 4.10. The van der Waals surface area contributed by atoms with Gasteiger partial charge in [-0.05, 0) is 34.7 Å². The predicted molar refractivity (Wildman–Crippen MR) is 109 cm³/mol. The number of thioether (sulfide) groups is 1. The Morgan fingerprint density at radius 3 is 2.42 bits per heavy atom. The van der Waals surface area contributed by atoms with E-state index >= 15 is 0 Å². The van der Waals surface area contributed by atoms with Crippen molar-refractivity contribution < 1.29 is 28.2 Å². The van der Waals surface area contributed by atoms with E-state index in [1.807, 2.05) is 0 Å². The highest BCUT2D eigenvalue weighted by molar-refractivity contribution is 7.99. The number of carbonyl (C=O) groups excluding carboxylic acids is 2. The van der Waals surface area contributed by atoms with Gasteiger partial charge in [0.15, 0.2) is 11.5 Å². The molecule has 0 saturated carbocycles. The van der Waals surface area contributed by atoms with Gasteiger partial charge in [0.2, 0.25) is 11.1 Å². The fourth-order valence-corrected chi connectivity index (χ4v) is 3.28. The second-order valence-electron chi connectivity index (χ2n) is 5.93. The van der Waals surface area contributed by atoms with Crippen molar-refractivity contribution in [3.05, 3.63) is 47.8 Å². The molecule has 0 fully saturated rings. The quantitative estimate of drug-likeness (QED) is 0.410. The summed E-state index contributed by atoms with van der Waals surface area (Å²) in [5.41, 5.74) is 0.852. The maximum atomic E-state index is 13.1. The highest BCUT2D eigenvalue weighted by atomic mass is 32.2. The summed E-state index contributed by atoms with van der Waals surface area (Å²) in [6.45, 7) is 0. The van der Waals surface area contributed by atoms with Crippen LogP contribution in [0.1, 0.15) is 10.4 Å². The molecule has 0 unspecified atom stereocenters. The van der Waals surface area contributed by atoms with E-state index in [4.69, 9.17) is 14.2 Å². The summed E-state index contributed by atoms with van der Waals surface area (Å²) in [4.78, 5) is 24.7. The molecule has 1 aromatic heterocycles. The minimum atomic E-state index is -0.649. The molecular weight excluding hydrogens is 429 g/mol. The largest absolute Gasteiger partial charge is 0.493 e. The number of anilines is 1. The lowest BCUT2D eigenvalue weighted by atomic mass is 10.1. The van der Waals surface area contributed by atoms with E-state index < -0.39 is 11.9 Å². The first-order valence-electron chi connectivity index (χ1n) is 8.78. The number of methoxy groups -OCH3 is 3. The third kappa shape index (κ3) is 5.09. The summed E-state index contributed by atoms with van der Waals surface area (Å²) >= 11 is 1.07. The molecule has 0 radical (unpaired) electrons. The predicted octanol–water partition coefficient (Wildman–Crippen LogP) is 2.34. The average molecular weight is 447 g/mol. The van der Waals surface area contributed by atoms with Crippen molar-refractivity contribution in [2.24, 2.45) is 0 Å². The maximum absolute atomic E-state index is 13.1. The van der Waals surface area contributed by atoms with E-state index in [-0.39, 0.29) is 22.8 Å². The number of hydrogen-bond acceptors (Lipinski definition) is 9. The van der Waals surface area contributed by atoms with Gasteiger partial charge in [-0.3, -0.25) is 4.79 Å². The number of nitrogens with zero attached hydrogens (tertiary/aromatic N) is 4. The molecule has 31 heavy (non-hydrogen) atoms. The number of ether oxygens (including phenoxy) is 3. The molecule has 0 aliphatic heterocycles. The smallest absolute Gasteiger partial charge is 0.340 e. The molecule has 1 amide bonds. The van der Waals surface area contributed by atoms with Gasteiger partial charge in [0, 0.05) is 12.1 Å². The Labute approximate surface area is 180 Å². The van der Waals surface area contributed by atoms with Gasteiger partial charge in [0.25, 0.3) is 0 Å². The molecule has 10 nitrogen and oxygen atoms in total. The lowest BCUT2D eigenvalue weighted by Crippen LogP contribution is -2.18. The van der Waals surface area contributed by atoms with Crippen LogP contribution in [0.5, 0.6) is 11.5 Å². The van der Waals surface area contributed by atoms with Crippen molar-refractivity contribution in [1.29, 1.82) is 0 Å². The van der Waals surface area contributed by atoms with Gasteiger partial charge >= 0.3 is 5.97 Å². The molecule has 2 aromatic carbocycles. The number of nitrogens with one attached hydrogen (secondary N) is 1. The topological polar surface area (TPSA) is 117 Å². The van der Waals surface area contributed by atoms with Gasteiger partial charge in [0.1, 0.15) is 5.82 Å². The van der Waals surface area contributed by atoms with Gasteiger partial charge in [-0.2, -0.15) is 4.68 Å². The van der Waals surface area contributed by atoms with Crippen LogP contribution in [-0.4, -0.2) is 59.2 Å². The Balaban J connectivity index is 1.75. The van der Waals surface area contributed by atoms with E-state index in [1.54, 1.807) is 0 Å². The van der Waals surface area contributed by atoms with Crippen molar-refractivity contribution in [1.82, 2.24) is 20.2 Å².